The van der Waals surface area contributed by atoms with Crippen LogP contribution in [0.25, 0.3) is 0 Å². The topological polar surface area (TPSA) is 117 Å². The van der Waals surface area contributed by atoms with Crippen molar-refractivity contribution < 1.29 is 19.2 Å². The highest BCUT2D eigenvalue weighted by molar-refractivity contribution is 5.80. The first-order valence-corrected chi connectivity index (χ1v) is 2.23. The van der Waals surface area contributed by atoms with Gasteiger partial charge < -0.3 is 21.9 Å². The van der Waals surface area contributed by atoms with Crippen molar-refractivity contribution in [1.29, 1.82) is 0 Å². The average Bonchev–Trinajstić information content (AvgIpc) is 2.04. The summed E-state index contributed by atoms with van der Waals surface area (Å²) >= 11 is 0. The maximum absolute atomic E-state index is 11.0. The summed E-state index contributed by atoms with van der Waals surface area (Å²) in [6.07, 6.45) is -1.31. The third-order valence-electron chi connectivity index (χ3n) is 0.361. The number of hydrogen-bond acceptors (Lipinski definition) is 4. The van der Waals surface area contributed by atoms with Crippen LogP contribution >= 0.6 is 0 Å². The minimum Gasteiger partial charge on any atom is -0.409 e. The Hall–Kier alpha value is -1.60. The van der Waals surface area contributed by atoms with Crippen LogP contribution in [0.5, 0.6) is 0 Å². The molecule has 8 heteroatoms. The Bertz CT molecular complexity index is 149. The molecule has 0 heterocycles. The third-order valence-corrected chi connectivity index (χ3v) is 0.361. The van der Waals surface area contributed by atoms with Crippen molar-refractivity contribution in [2.24, 2.45) is 21.8 Å². The Morgan fingerprint density at radius 1 is 1.07 bits per heavy atom. The van der Waals surface area contributed by atoms with Crippen molar-refractivity contribution in [2.45, 2.75) is 22.3 Å². The largest absolute Gasteiger partial charge is 0.409 e. The fourth-order valence-corrected chi connectivity index (χ4v) is 0.0267. The van der Waals surface area contributed by atoms with Crippen LogP contribution in [0.4, 0.5) is 8.78 Å². The zero-order valence-corrected chi connectivity index (χ0v) is 5.41. The van der Waals surface area contributed by atoms with Crippen molar-refractivity contribution in [1.82, 2.24) is 0 Å². The van der Waals surface area contributed by atoms with E-state index in [2.05, 4.69) is 16.6 Å². The molecule has 0 bridgehead atoms. The molecule has 0 fully saturated rings. The van der Waals surface area contributed by atoms with Crippen molar-refractivity contribution in [3.8, 4) is 0 Å². The highest BCUT2D eigenvalue weighted by Crippen LogP contribution is 1.63. The van der Waals surface area contributed by atoms with Gasteiger partial charge in [0.2, 0.25) is 0 Å². The van der Waals surface area contributed by atoms with Crippen LogP contribution in [0.15, 0.2) is 10.3 Å². The Labute approximate surface area is 82.9 Å². The summed E-state index contributed by atoms with van der Waals surface area (Å²) in [7, 11) is 0. The van der Waals surface area contributed by atoms with Crippen LogP contribution < -0.4 is 11.5 Å². The first-order chi connectivity index (χ1) is 5.08. The van der Waals surface area contributed by atoms with Gasteiger partial charge in [0.15, 0.2) is 5.84 Å². The van der Waals surface area contributed by atoms with Crippen molar-refractivity contribution >= 4 is 11.9 Å². The lowest BCUT2D eigenvalue weighted by Gasteiger charge is -1.80. The van der Waals surface area contributed by atoms with Crippen molar-refractivity contribution in [3.63, 3.8) is 0 Å². The summed E-state index contributed by atoms with van der Waals surface area (Å²) in [5, 5.41) is 19.0. The highest BCUT2D eigenvalue weighted by atomic mass is 19.1. The summed E-state index contributed by atoms with van der Waals surface area (Å²) in [6.45, 7) is -0.892. The van der Waals surface area contributed by atoms with E-state index in [0.29, 0.717) is 0 Å². The van der Waals surface area contributed by atoms with Gasteiger partial charge in [0, 0.05) is 0 Å². The van der Waals surface area contributed by atoms with Gasteiger partial charge >= 0.3 is 6.09 Å². The second-order valence-corrected chi connectivity index (χ2v) is 1.15. The van der Waals surface area contributed by atoms with Gasteiger partial charge in [0.25, 0.3) is 0 Å². The number of amidine groups is 2. The molecule has 0 aromatic heterocycles. The molecule has 0 spiro atoms. The van der Waals surface area contributed by atoms with Gasteiger partial charge in [-0.25, -0.2) is 4.39 Å². The Morgan fingerprint density at radius 3 is 1.36 bits per heavy atom. The van der Waals surface area contributed by atoms with E-state index in [-0.39, 0.29) is 22.3 Å². The predicted octanol–water partition coefficient (Wildman–Crippen LogP) is 1.27. The van der Waals surface area contributed by atoms with Crippen LogP contribution in [-0.2, 0) is 0 Å². The van der Waals surface area contributed by atoms with E-state index in [9.17, 15) is 8.78 Å². The van der Waals surface area contributed by atoms with Gasteiger partial charge in [-0.1, -0.05) is 27.4 Å². The normalized spacial score (nSPS) is 9.29. The molecule has 0 atom stereocenters. The quantitative estimate of drug-likeness (QED) is 0.174. The predicted molar refractivity (Wildman–Crippen MR) is 54.1 cm³/mol. The van der Waals surface area contributed by atoms with E-state index in [4.69, 9.17) is 10.4 Å². The van der Waals surface area contributed by atoms with Gasteiger partial charge in [-0.05, 0) is 5.16 Å². The lowest BCUT2D eigenvalue weighted by atomic mass is 10.7. The lowest BCUT2D eigenvalue weighted by Crippen LogP contribution is -2.12. The standard InChI is InChI=1S/C2H5FN2O.CH3FN2O.3CH4/c3-1-2(4)5-6;2-1(3)4-5;;;/h6H,1H2,(H2,4,5);5H,(H2,3,4);3*1H4. The maximum Gasteiger partial charge on any atom is 0.314 e. The van der Waals surface area contributed by atoms with Crippen molar-refractivity contribution in [3.05, 3.63) is 0 Å². The molecule has 0 radical (unpaired) electrons. The molecule has 0 aliphatic rings. The lowest BCUT2D eigenvalue weighted by molar-refractivity contribution is 0.310. The second kappa shape index (κ2) is 22.5. The fraction of sp³-hybridized carbons (Fsp3) is 0.667. The van der Waals surface area contributed by atoms with E-state index in [1.807, 2.05) is 5.16 Å². The molecule has 14 heavy (non-hydrogen) atoms. The number of oxime groups is 2. The molecule has 0 amide bonds. The molecular formula is C6H20F2N4O2. The maximum atomic E-state index is 11.0. The molecule has 0 aliphatic carbocycles. The van der Waals surface area contributed by atoms with Crippen LogP contribution in [0.2, 0.25) is 0 Å². The van der Waals surface area contributed by atoms with Crippen LogP contribution in [0.3, 0.4) is 0 Å². The second-order valence-electron chi connectivity index (χ2n) is 1.15. The third kappa shape index (κ3) is 47.5. The summed E-state index contributed by atoms with van der Waals surface area (Å²) in [4.78, 5) is 0. The van der Waals surface area contributed by atoms with Crippen LogP contribution in [-0.4, -0.2) is 29.0 Å². The molecule has 0 aromatic rings. The average molecular weight is 218 g/mol. The van der Waals surface area contributed by atoms with E-state index in [1.165, 1.54) is 0 Å². The molecule has 0 saturated heterocycles. The summed E-state index contributed by atoms with van der Waals surface area (Å²) in [5.41, 5.74) is 8.72. The Kier molecular flexibility index (Phi) is 47.3. The van der Waals surface area contributed by atoms with E-state index >= 15 is 0 Å². The molecule has 0 aromatic carbocycles. The number of rotatable bonds is 1. The first-order valence-electron chi connectivity index (χ1n) is 2.23. The first kappa shape index (κ1) is 29.4. The number of hydrogen-bond donors (Lipinski definition) is 4. The molecule has 0 saturated carbocycles. The number of halogens is 2. The monoisotopic (exact) mass is 218 g/mol. The molecule has 0 rings (SSSR count). The number of alkyl halides is 1. The zero-order valence-electron chi connectivity index (χ0n) is 5.41. The summed E-state index contributed by atoms with van der Waals surface area (Å²) in [6, 6.07) is 0. The molecule has 0 aliphatic heterocycles. The fourth-order valence-electron chi connectivity index (χ4n) is 0.0267. The Balaban J connectivity index is -0.0000000321. The number of nitrogens with two attached hydrogens (primary N) is 2. The molecule has 0 unspecified atom stereocenters. The van der Waals surface area contributed by atoms with Crippen LogP contribution in [0, 0.1) is 0 Å². The van der Waals surface area contributed by atoms with Gasteiger partial charge in [-0.2, -0.15) is 4.39 Å². The SMILES string of the molecule is C.C.C.N/C(CF)=N/O.N/C(F)=N/O. The van der Waals surface area contributed by atoms with Crippen molar-refractivity contribution in [2.75, 3.05) is 6.67 Å². The number of nitrogens with zero attached hydrogens (tertiary/aromatic N) is 2. The van der Waals surface area contributed by atoms with E-state index in [0.717, 1.165) is 0 Å². The minimum atomic E-state index is -1.31. The van der Waals surface area contributed by atoms with Gasteiger partial charge in [0.1, 0.15) is 6.67 Å². The molecule has 90 valence electrons. The minimum absolute atomic E-state index is 0. The summed E-state index contributed by atoms with van der Waals surface area (Å²) in [5.74, 6) is -0.394. The molecule has 6 nitrogen and oxygen atoms in total. The Morgan fingerprint density at radius 2 is 1.36 bits per heavy atom. The van der Waals surface area contributed by atoms with Gasteiger partial charge in [-0.3, -0.25) is 0 Å². The highest BCUT2D eigenvalue weighted by Gasteiger charge is 1.82. The van der Waals surface area contributed by atoms with Gasteiger partial charge in [0.05, 0.1) is 0 Å². The molecular weight excluding hydrogens is 198 g/mol. The van der Waals surface area contributed by atoms with Crippen LogP contribution in [0.1, 0.15) is 22.3 Å². The smallest absolute Gasteiger partial charge is 0.314 e. The van der Waals surface area contributed by atoms with E-state index in [1.54, 1.807) is 0 Å². The zero-order chi connectivity index (χ0) is 9.28. The summed E-state index contributed by atoms with van der Waals surface area (Å²) < 4.78 is 21.7. The van der Waals surface area contributed by atoms with E-state index < -0.39 is 18.6 Å². The van der Waals surface area contributed by atoms with Gasteiger partial charge in [-0.15, -0.1) is 0 Å². The molecule has 6 N–H and O–H groups in total.